The number of nitrogens with zero attached hydrogens (tertiary/aromatic N) is 4. The number of imidazole rings is 1. The number of hydrogen-bond donors (Lipinski definition) is 4. The summed E-state index contributed by atoms with van der Waals surface area (Å²) in [5.74, 6) is 1.28. The summed E-state index contributed by atoms with van der Waals surface area (Å²) in [5, 5.41) is 32.8. The molecule has 1 aliphatic heterocycles. The highest BCUT2D eigenvalue weighted by atomic mass is 16.6. The van der Waals surface area contributed by atoms with E-state index < -0.39 is 31.1 Å². The van der Waals surface area contributed by atoms with Crippen LogP contribution < -0.4 is 10.1 Å². The number of anilines is 1. The summed E-state index contributed by atoms with van der Waals surface area (Å²) in [6.45, 7) is 0.0683. The van der Waals surface area contributed by atoms with E-state index in [-0.39, 0.29) is 0 Å². The monoisotopic (exact) mass is 387 g/mol. The molecule has 4 N–H and O–H groups in total. The molecule has 1 aromatic carbocycles. The number of benzene rings is 1. The SMILES string of the molecule is COc1ccccc1CNc1ncnc2c1ncn2[C@H]1O[C@H](CO)[C@H](O)[C@@H]1O. The first kappa shape index (κ1) is 18.6. The van der Waals surface area contributed by atoms with Crippen LogP contribution in [0, 0.1) is 0 Å². The van der Waals surface area contributed by atoms with E-state index in [9.17, 15) is 15.3 Å². The molecule has 4 rings (SSSR count). The van der Waals surface area contributed by atoms with E-state index in [1.165, 1.54) is 17.2 Å². The Balaban J connectivity index is 1.61. The molecular formula is C18H21N5O5. The van der Waals surface area contributed by atoms with Crippen molar-refractivity contribution < 1.29 is 24.8 Å². The third-order valence-corrected chi connectivity index (χ3v) is 4.79. The van der Waals surface area contributed by atoms with Crippen molar-refractivity contribution in [3.05, 3.63) is 42.5 Å². The van der Waals surface area contributed by atoms with E-state index in [0.29, 0.717) is 23.5 Å². The fourth-order valence-electron chi connectivity index (χ4n) is 3.31. The van der Waals surface area contributed by atoms with Gasteiger partial charge in [-0.25, -0.2) is 15.0 Å². The zero-order chi connectivity index (χ0) is 19.7. The van der Waals surface area contributed by atoms with Crippen LogP contribution in [0.1, 0.15) is 11.8 Å². The predicted molar refractivity (Wildman–Crippen MR) is 98.7 cm³/mol. The Hall–Kier alpha value is -2.79. The number of nitrogens with one attached hydrogen (secondary N) is 1. The molecule has 0 amide bonds. The largest absolute Gasteiger partial charge is 0.496 e. The topological polar surface area (TPSA) is 135 Å². The van der Waals surface area contributed by atoms with E-state index >= 15 is 0 Å². The van der Waals surface area contributed by atoms with E-state index in [2.05, 4.69) is 20.3 Å². The number of aromatic nitrogens is 4. The predicted octanol–water partition coefficient (Wildman–Crippen LogP) is 0.0585. The second-order valence-electron chi connectivity index (χ2n) is 6.44. The maximum Gasteiger partial charge on any atom is 0.167 e. The number of methoxy groups -OCH3 is 1. The van der Waals surface area contributed by atoms with Gasteiger partial charge in [0, 0.05) is 12.1 Å². The molecule has 1 aliphatic rings. The third-order valence-electron chi connectivity index (χ3n) is 4.79. The molecular weight excluding hydrogens is 366 g/mol. The molecule has 10 heteroatoms. The molecule has 0 bridgehead atoms. The molecule has 0 aliphatic carbocycles. The number of para-hydroxylation sites is 1. The molecule has 1 fully saturated rings. The molecule has 0 spiro atoms. The first-order chi connectivity index (χ1) is 13.6. The second kappa shape index (κ2) is 7.68. The lowest BCUT2D eigenvalue weighted by Gasteiger charge is -2.16. The first-order valence-electron chi connectivity index (χ1n) is 8.79. The molecule has 148 valence electrons. The van der Waals surface area contributed by atoms with E-state index in [4.69, 9.17) is 9.47 Å². The number of ether oxygens (including phenoxy) is 2. The maximum absolute atomic E-state index is 10.3. The minimum Gasteiger partial charge on any atom is -0.496 e. The molecule has 28 heavy (non-hydrogen) atoms. The lowest BCUT2D eigenvalue weighted by Crippen LogP contribution is -2.33. The van der Waals surface area contributed by atoms with Crippen LogP contribution in [0.4, 0.5) is 5.82 Å². The van der Waals surface area contributed by atoms with Crippen LogP contribution in [0.15, 0.2) is 36.9 Å². The molecule has 0 saturated carbocycles. The van der Waals surface area contributed by atoms with Gasteiger partial charge in [-0.2, -0.15) is 0 Å². The highest BCUT2D eigenvalue weighted by Crippen LogP contribution is 2.32. The highest BCUT2D eigenvalue weighted by Gasteiger charge is 2.44. The fourth-order valence-corrected chi connectivity index (χ4v) is 3.31. The Morgan fingerprint density at radius 2 is 2.00 bits per heavy atom. The summed E-state index contributed by atoms with van der Waals surface area (Å²) >= 11 is 0. The minimum absolute atomic E-state index is 0.401. The van der Waals surface area contributed by atoms with Crippen molar-refractivity contribution in [1.29, 1.82) is 0 Å². The van der Waals surface area contributed by atoms with Crippen LogP contribution in [-0.2, 0) is 11.3 Å². The van der Waals surface area contributed by atoms with Crippen LogP contribution >= 0.6 is 0 Å². The van der Waals surface area contributed by atoms with Gasteiger partial charge in [0.1, 0.15) is 30.4 Å². The summed E-state index contributed by atoms with van der Waals surface area (Å²) in [4.78, 5) is 12.8. The Morgan fingerprint density at radius 1 is 1.18 bits per heavy atom. The van der Waals surface area contributed by atoms with Gasteiger partial charge in [-0.1, -0.05) is 18.2 Å². The lowest BCUT2D eigenvalue weighted by molar-refractivity contribution is -0.0511. The van der Waals surface area contributed by atoms with Gasteiger partial charge >= 0.3 is 0 Å². The quantitative estimate of drug-likeness (QED) is 0.463. The Bertz CT molecular complexity index is 964. The van der Waals surface area contributed by atoms with Gasteiger partial charge in [0.05, 0.1) is 20.0 Å². The average Bonchev–Trinajstić information content (AvgIpc) is 3.28. The number of fused-ring (bicyclic) bond motifs is 1. The molecule has 3 heterocycles. The zero-order valence-corrected chi connectivity index (χ0v) is 15.1. The summed E-state index contributed by atoms with van der Waals surface area (Å²) in [7, 11) is 1.62. The van der Waals surface area contributed by atoms with Crippen molar-refractivity contribution in [2.45, 2.75) is 31.1 Å². The van der Waals surface area contributed by atoms with Crippen molar-refractivity contribution in [3.8, 4) is 5.75 Å². The smallest absolute Gasteiger partial charge is 0.167 e. The summed E-state index contributed by atoms with van der Waals surface area (Å²) in [6, 6.07) is 7.64. The van der Waals surface area contributed by atoms with Gasteiger partial charge < -0.3 is 30.1 Å². The molecule has 0 unspecified atom stereocenters. The number of aliphatic hydroxyl groups excluding tert-OH is 3. The molecule has 0 radical (unpaired) electrons. The minimum atomic E-state index is -1.21. The molecule has 10 nitrogen and oxygen atoms in total. The van der Waals surface area contributed by atoms with Crippen molar-refractivity contribution in [1.82, 2.24) is 19.5 Å². The first-order valence-corrected chi connectivity index (χ1v) is 8.79. The molecule has 2 aromatic heterocycles. The van der Waals surface area contributed by atoms with Crippen LogP contribution in [0.25, 0.3) is 11.2 Å². The fraction of sp³-hybridized carbons (Fsp3) is 0.389. The average molecular weight is 387 g/mol. The van der Waals surface area contributed by atoms with Crippen molar-refractivity contribution in [2.24, 2.45) is 0 Å². The molecule has 3 aromatic rings. The van der Waals surface area contributed by atoms with Crippen LogP contribution in [-0.4, -0.2) is 66.9 Å². The third kappa shape index (κ3) is 3.16. The van der Waals surface area contributed by atoms with E-state index in [1.54, 1.807) is 7.11 Å². The van der Waals surface area contributed by atoms with Gasteiger partial charge in [-0.05, 0) is 6.07 Å². The summed E-state index contributed by atoms with van der Waals surface area (Å²) < 4.78 is 12.4. The standard InChI is InChI=1S/C18H21N5O5/c1-27-11-5-3-2-4-10(11)6-19-16-13-17(21-8-20-16)23(9-22-13)18-15(26)14(25)12(7-24)28-18/h2-5,8-9,12,14-15,18,24-26H,6-7H2,1H3,(H,19,20,21)/t12-,14+,15+,18+/m1/s1. The van der Waals surface area contributed by atoms with Crippen molar-refractivity contribution in [3.63, 3.8) is 0 Å². The zero-order valence-electron chi connectivity index (χ0n) is 15.1. The van der Waals surface area contributed by atoms with Gasteiger partial charge in [0.25, 0.3) is 0 Å². The van der Waals surface area contributed by atoms with Gasteiger partial charge in [0.2, 0.25) is 0 Å². The lowest BCUT2D eigenvalue weighted by atomic mass is 10.1. The number of aliphatic hydroxyl groups is 3. The van der Waals surface area contributed by atoms with E-state index in [0.717, 1.165) is 11.3 Å². The van der Waals surface area contributed by atoms with Crippen molar-refractivity contribution >= 4 is 17.0 Å². The summed E-state index contributed by atoms with van der Waals surface area (Å²) in [6.07, 6.45) is -1.34. The Labute approximate surface area is 160 Å². The molecule has 4 atom stereocenters. The summed E-state index contributed by atoms with van der Waals surface area (Å²) in [5.41, 5.74) is 1.89. The second-order valence-corrected chi connectivity index (χ2v) is 6.44. The number of hydrogen-bond acceptors (Lipinski definition) is 9. The van der Waals surface area contributed by atoms with Crippen LogP contribution in [0.3, 0.4) is 0 Å². The Kier molecular flexibility index (Phi) is 5.09. The Morgan fingerprint density at radius 3 is 2.75 bits per heavy atom. The van der Waals surface area contributed by atoms with E-state index in [1.807, 2.05) is 24.3 Å². The van der Waals surface area contributed by atoms with Crippen molar-refractivity contribution in [2.75, 3.05) is 19.0 Å². The van der Waals surface area contributed by atoms with Gasteiger partial charge in [-0.3, -0.25) is 4.57 Å². The normalized spacial score (nSPS) is 24.6. The highest BCUT2D eigenvalue weighted by molar-refractivity contribution is 5.82. The number of rotatable bonds is 6. The van der Waals surface area contributed by atoms with Crippen LogP contribution in [0.5, 0.6) is 5.75 Å². The van der Waals surface area contributed by atoms with Gasteiger partial charge in [0.15, 0.2) is 23.2 Å². The molecule has 1 saturated heterocycles. The van der Waals surface area contributed by atoms with Crippen LogP contribution in [0.2, 0.25) is 0 Å². The maximum atomic E-state index is 10.3. The van der Waals surface area contributed by atoms with Gasteiger partial charge in [-0.15, -0.1) is 0 Å².